The monoisotopic (exact) mass is 494 g/mol. The maximum Gasteiger partial charge on any atom is 0.205 e. The van der Waals surface area contributed by atoms with Gasteiger partial charge in [-0.15, -0.1) is 10.2 Å². The number of anilines is 1. The van der Waals surface area contributed by atoms with Crippen LogP contribution in [0, 0.1) is 0 Å². The van der Waals surface area contributed by atoms with E-state index in [9.17, 15) is 0 Å². The van der Waals surface area contributed by atoms with Gasteiger partial charge in [-0.3, -0.25) is 5.01 Å². The molecule has 190 valence electrons. The first-order valence-corrected chi connectivity index (χ1v) is 13.0. The van der Waals surface area contributed by atoms with Gasteiger partial charge < -0.3 is 10.2 Å². The summed E-state index contributed by atoms with van der Waals surface area (Å²) in [6.07, 6.45) is 3.17. The van der Waals surface area contributed by atoms with E-state index >= 15 is 0 Å². The van der Waals surface area contributed by atoms with Gasteiger partial charge in [-0.2, -0.15) is 10.3 Å². The highest BCUT2D eigenvalue weighted by atomic mass is 15.7. The number of unbranched alkanes of at least 4 members (excludes halogenated alkanes) is 1. The van der Waals surface area contributed by atoms with Gasteiger partial charge in [-0.25, -0.2) is 0 Å². The van der Waals surface area contributed by atoms with Crippen molar-refractivity contribution in [3.63, 3.8) is 0 Å². The minimum absolute atomic E-state index is 0.0482. The Balaban J connectivity index is 1.41. The molecule has 0 amide bonds. The van der Waals surface area contributed by atoms with E-state index < -0.39 is 0 Å². The van der Waals surface area contributed by atoms with Crippen molar-refractivity contribution in [3.8, 4) is 22.5 Å². The first-order valence-electron chi connectivity index (χ1n) is 13.0. The maximum absolute atomic E-state index is 5.08. The smallest absolute Gasteiger partial charge is 0.205 e. The Bertz CT molecular complexity index is 1300. The van der Waals surface area contributed by atoms with Gasteiger partial charge in [0, 0.05) is 30.3 Å². The van der Waals surface area contributed by atoms with Crippen LogP contribution in [0.3, 0.4) is 0 Å². The zero-order valence-electron chi connectivity index (χ0n) is 21.7. The molecule has 1 atom stereocenters. The first-order chi connectivity index (χ1) is 18.1. The van der Waals surface area contributed by atoms with Crippen LogP contribution in [0.15, 0.2) is 84.0 Å². The molecule has 2 N–H and O–H groups in total. The van der Waals surface area contributed by atoms with Crippen LogP contribution in [-0.4, -0.2) is 48.7 Å². The van der Waals surface area contributed by atoms with Crippen LogP contribution in [0.1, 0.15) is 45.6 Å². The lowest BCUT2D eigenvalue weighted by Crippen LogP contribution is -2.49. The second kappa shape index (κ2) is 11.2. The van der Waals surface area contributed by atoms with Gasteiger partial charge in [0.15, 0.2) is 6.29 Å². The second-order valence-electron chi connectivity index (χ2n) is 9.58. The largest absolute Gasteiger partial charge is 0.347 e. The molecule has 1 aliphatic rings. The molecule has 2 heterocycles. The fourth-order valence-corrected chi connectivity index (χ4v) is 4.65. The molecule has 0 spiro atoms. The highest BCUT2D eigenvalue weighted by molar-refractivity contribution is 5.84. The molecule has 4 aromatic rings. The lowest BCUT2D eigenvalue weighted by molar-refractivity contribution is 0.116. The molecule has 0 aliphatic carbocycles. The van der Waals surface area contributed by atoms with E-state index in [4.69, 9.17) is 5.10 Å². The van der Waals surface area contributed by atoms with Crippen LogP contribution in [-0.2, 0) is 6.54 Å². The molecular formula is C29H34N8. The third-order valence-corrected chi connectivity index (χ3v) is 6.59. The number of rotatable bonds is 10. The van der Waals surface area contributed by atoms with Crippen molar-refractivity contribution in [1.29, 1.82) is 0 Å². The summed E-state index contributed by atoms with van der Waals surface area (Å²) in [4.78, 5) is 2.41. The van der Waals surface area contributed by atoms with Gasteiger partial charge in [0.25, 0.3) is 0 Å². The quantitative estimate of drug-likeness (QED) is 0.283. The molecule has 8 nitrogen and oxygen atoms in total. The summed E-state index contributed by atoms with van der Waals surface area (Å²) in [5, 5.41) is 25.6. The van der Waals surface area contributed by atoms with Crippen LogP contribution in [0.25, 0.3) is 22.5 Å². The number of aromatic nitrogens is 4. The van der Waals surface area contributed by atoms with E-state index in [1.165, 1.54) is 5.56 Å². The van der Waals surface area contributed by atoms with Crippen molar-refractivity contribution < 1.29 is 0 Å². The molecule has 0 fully saturated rings. The third kappa shape index (κ3) is 5.48. The van der Waals surface area contributed by atoms with Gasteiger partial charge in [-0.1, -0.05) is 80.1 Å². The molecule has 3 aromatic carbocycles. The Morgan fingerprint density at radius 2 is 1.65 bits per heavy atom. The number of nitrogens with one attached hydrogen (secondary N) is 2. The summed E-state index contributed by atoms with van der Waals surface area (Å²) in [6, 6.07) is 27.6. The number of aromatic amines is 1. The molecule has 0 saturated heterocycles. The number of benzene rings is 3. The molecule has 1 unspecified atom stereocenters. The van der Waals surface area contributed by atoms with E-state index in [-0.39, 0.29) is 12.3 Å². The first kappa shape index (κ1) is 24.5. The van der Waals surface area contributed by atoms with Crippen LogP contribution < -0.4 is 5.32 Å². The molecule has 5 rings (SSSR count). The molecule has 0 radical (unpaired) electrons. The number of nitrogens with zero attached hydrogens (tertiary/aromatic N) is 6. The fourth-order valence-electron chi connectivity index (χ4n) is 4.65. The predicted octanol–water partition coefficient (Wildman–Crippen LogP) is 5.96. The maximum atomic E-state index is 5.08. The Kier molecular flexibility index (Phi) is 7.44. The normalized spacial score (nSPS) is 15.4. The Hall–Kier alpha value is -4.20. The summed E-state index contributed by atoms with van der Waals surface area (Å²) in [5.41, 5.74) is 5.47. The SMILES string of the molecule is CCCCC1=NN(C(C)C)C(Nc2ccccc2)N1Cc1ccc(-c2ccccc2-c2nn[nH]n2)cc1. The number of para-hydroxylation sites is 1. The molecular weight excluding hydrogens is 460 g/mol. The molecule has 37 heavy (non-hydrogen) atoms. The van der Waals surface area contributed by atoms with Gasteiger partial charge in [-0.05, 0) is 54.3 Å². The molecule has 0 bridgehead atoms. The van der Waals surface area contributed by atoms with Crippen molar-refractivity contribution in [2.24, 2.45) is 5.10 Å². The van der Waals surface area contributed by atoms with Crippen molar-refractivity contribution in [3.05, 3.63) is 84.4 Å². The number of hydrogen-bond donors (Lipinski definition) is 2. The Morgan fingerprint density at radius 3 is 2.32 bits per heavy atom. The zero-order chi connectivity index (χ0) is 25.6. The van der Waals surface area contributed by atoms with Crippen molar-refractivity contribution >= 4 is 11.5 Å². The average Bonchev–Trinajstić information content (AvgIpc) is 3.58. The highest BCUT2D eigenvalue weighted by Gasteiger charge is 2.35. The van der Waals surface area contributed by atoms with Crippen LogP contribution >= 0.6 is 0 Å². The van der Waals surface area contributed by atoms with Crippen LogP contribution in [0.2, 0.25) is 0 Å². The summed E-state index contributed by atoms with van der Waals surface area (Å²) in [7, 11) is 0. The Labute approximate surface area is 218 Å². The molecule has 1 aromatic heterocycles. The average molecular weight is 495 g/mol. The van der Waals surface area contributed by atoms with Gasteiger partial charge in [0.1, 0.15) is 5.84 Å². The van der Waals surface area contributed by atoms with Crippen molar-refractivity contribution in [1.82, 2.24) is 30.5 Å². The van der Waals surface area contributed by atoms with Gasteiger partial charge >= 0.3 is 0 Å². The highest BCUT2D eigenvalue weighted by Crippen LogP contribution is 2.31. The molecule has 1 aliphatic heterocycles. The summed E-state index contributed by atoms with van der Waals surface area (Å²) in [6.45, 7) is 7.38. The van der Waals surface area contributed by atoms with Crippen molar-refractivity contribution in [2.75, 3.05) is 5.32 Å². The summed E-state index contributed by atoms with van der Waals surface area (Å²) in [5.74, 6) is 1.73. The van der Waals surface area contributed by atoms with Crippen LogP contribution in [0.4, 0.5) is 5.69 Å². The van der Waals surface area contributed by atoms with E-state index in [1.807, 2.05) is 24.3 Å². The van der Waals surface area contributed by atoms with E-state index in [1.54, 1.807) is 0 Å². The van der Waals surface area contributed by atoms with Crippen molar-refractivity contribution in [2.45, 2.75) is 58.9 Å². The minimum atomic E-state index is -0.0482. The predicted molar refractivity (Wildman–Crippen MR) is 148 cm³/mol. The van der Waals surface area contributed by atoms with Crippen LogP contribution in [0.5, 0.6) is 0 Å². The summed E-state index contributed by atoms with van der Waals surface area (Å²) < 4.78 is 0. The number of hydrazone groups is 1. The van der Waals surface area contributed by atoms with Gasteiger partial charge in [0.2, 0.25) is 5.82 Å². The standard InChI is InChI=1S/C29H34N8/c1-4-5-15-27-33-37(21(2)3)29(30-24-11-7-6-8-12-24)36(27)20-22-16-18-23(19-17-22)25-13-9-10-14-26(25)28-31-34-35-32-28/h6-14,16-19,21,29-30H,4-5,15,20H2,1-3H3,(H,31,32,34,35). The number of amidine groups is 1. The van der Waals surface area contributed by atoms with E-state index in [0.717, 1.165) is 54.0 Å². The second-order valence-corrected chi connectivity index (χ2v) is 9.58. The Morgan fingerprint density at radius 1 is 0.919 bits per heavy atom. The number of tetrazole rings is 1. The fraction of sp³-hybridized carbons (Fsp3) is 0.310. The lowest BCUT2D eigenvalue weighted by atomic mass is 9.98. The van der Waals surface area contributed by atoms with E-state index in [2.05, 4.69) is 111 Å². The topological polar surface area (TPSA) is 85.3 Å². The molecule has 8 heteroatoms. The summed E-state index contributed by atoms with van der Waals surface area (Å²) >= 11 is 0. The lowest BCUT2D eigenvalue weighted by Gasteiger charge is -2.35. The zero-order valence-corrected chi connectivity index (χ0v) is 21.7. The van der Waals surface area contributed by atoms with E-state index in [0.29, 0.717) is 5.82 Å². The minimum Gasteiger partial charge on any atom is -0.347 e. The number of H-pyrrole nitrogens is 1. The third-order valence-electron chi connectivity index (χ3n) is 6.59. The van der Waals surface area contributed by atoms with Gasteiger partial charge in [0.05, 0.1) is 0 Å². The number of hydrogen-bond acceptors (Lipinski definition) is 7. The molecule has 0 saturated carbocycles.